The van der Waals surface area contributed by atoms with Crippen LogP contribution in [-0.2, 0) is 4.74 Å². The molecule has 0 heterocycles. The van der Waals surface area contributed by atoms with Gasteiger partial charge in [-0.3, -0.25) is 0 Å². The van der Waals surface area contributed by atoms with E-state index in [2.05, 4.69) is 44.3 Å². The first-order valence-corrected chi connectivity index (χ1v) is 8.51. The molecule has 0 radical (unpaired) electrons. The highest BCUT2D eigenvalue weighted by molar-refractivity contribution is 5.36. The van der Waals surface area contributed by atoms with Gasteiger partial charge < -0.3 is 10.1 Å². The van der Waals surface area contributed by atoms with E-state index in [1.165, 1.54) is 48.8 Å². The minimum Gasteiger partial charge on any atom is -0.379 e. The molecule has 2 atom stereocenters. The highest BCUT2D eigenvalue weighted by atomic mass is 16.5. The number of aryl methyl sites for hydroxylation is 1. The lowest BCUT2D eigenvalue weighted by Gasteiger charge is -2.36. The maximum absolute atomic E-state index is 5.99. The number of methoxy groups -OCH3 is 1. The third kappa shape index (κ3) is 3.87. The van der Waals surface area contributed by atoms with E-state index in [1.54, 1.807) is 0 Å². The van der Waals surface area contributed by atoms with E-state index in [0.717, 1.165) is 6.54 Å². The Morgan fingerprint density at radius 2 is 1.90 bits per heavy atom. The molecule has 1 aromatic carbocycles. The van der Waals surface area contributed by atoms with E-state index < -0.39 is 0 Å². The average molecular weight is 289 g/mol. The third-order valence-corrected chi connectivity index (χ3v) is 5.12. The van der Waals surface area contributed by atoms with Crippen molar-refractivity contribution in [3.05, 3.63) is 34.9 Å². The van der Waals surface area contributed by atoms with Crippen molar-refractivity contribution in [2.24, 2.45) is 5.92 Å². The zero-order chi connectivity index (χ0) is 15.2. The van der Waals surface area contributed by atoms with Crippen molar-refractivity contribution in [3.63, 3.8) is 0 Å². The number of hydrogen-bond donors (Lipinski definition) is 1. The average Bonchev–Trinajstić information content (AvgIpc) is 2.51. The Hall–Kier alpha value is -0.860. The van der Waals surface area contributed by atoms with Gasteiger partial charge in [0.1, 0.15) is 0 Å². The van der Waals surface area contributed by atoms with Gasteiger partial charge in [0.25, 0.3) is 0 Å². The second-order valence-electron chi connectivity index (χ2n) is 6.42. The lowest BCUT2D eigenvalue weighted by Crippen LogP contribution is -2.39. The monoisotopic (exact) mass is 289 g/mol. The predicted octanol–water partition coefficient (Wildman–Crippen LogP) is 4.55. The lowest BCUT2D eigenvalue weighted by molar-refractivity contribution is 0.00776. The van der Waals surface area contributed by atoms with Crippen LogP contribution in [0.1, 0.15) is 61.8 Å². The first kappa shape index (κ1) is 16.5. The molecule has 118 valence electrons. The number of hydrogen-bond acceptors (Lipinski definition) is 2. The maximum atomic E-state index is 5.99. The van der Waals surface area contributed by atoms with Crippen molar-refractivity contribution < 1.29 is 4.74 Å². The molecule has 1 fully saturated rings. The Morgan fingerprint density at radius 1 is 1.19 bits per heavy atom. The molecule has 1 N–H and O–H groups in total. The highest BCUT2D eigenvalue weighted by Crippen LogP contribution is 2.35. The topological polar surface area (TPSA) is 21.3 Å². The van der Waals surface area contributed by atoms with Gasteiger partial charge in [0.05, 0.1) is 12.1 Å². The van der Waals surface area contributed by atoms with Gasteiger partial charge in [-0.15, -0.1) is 0 Å². The fourth-order valence-electron chi connectivity index (χ4n) is 3.80. The molecule has 2 unspecified atom stereocenters. The fraction of sp³-hybridized carbons (Fsp3) is 0.684. The van der Waals surface area contributed by atoms with E-state index in [0.29, 0.717) is 12.0 Å². The molecule has 1 aliphatic carbocycles. The first-order valence-electron chi connectivity index (χ1n) is 8.51. The molecule has 0 aromatic heterocycles. The van der Waals surface area contributed by atoms with Crippen LogP contribution in [0.4, 0.5) is 0 Å². The molecule has 0 spiro atoms. The second-order valence-corrected chi connectivity index (χ2v) is 6.42. The van der Waals surface area contributed by atoms with Crippen LogP contribution in [-0.4, -0.2) is 19.8 Å². The van der Waals surface area contributed by atoms with Crippen LogP contribution < -0.4 is 5.32 Å². The smallest absolute Gasteiger partial charge is 0.0794 e. The second kappa shape index (κ2) is 7.95. The zero-order valence-corrected chi connectivity index (χ0v) is 14.1. The number of rotatable bonds is 6. The zero-order valence-electron chi connectivity index (χ0n) is 14.1. The molecule has 0 amide bonds. The number of benzene rings is 1. The highest BCUT2D eigenvalue weighted by Gasteiger charge is 2.32. The molecule has 2 nitrogen and oxygen atoms in total. The summed E-state index contributed by atoms with van der Waals surface area (Å²) in [5.41, 5.74) is 4.18. The molecule has 21 heavy (non-hydrogen) atoms. The molecule has 2 rings (SSSR count). The van der Waals surface area contributed by atoms with E-state index in [1.807, 2.05) is 7.11 Å². The standard InChI is InChI=1S/C19H31NO/c1-5-20-18(17-13-9-10-14(2)15(17)3)19(21-4)16-11-7-6-8-12-16/h9-10,13,16,18-20H,5-8,11-12H2,1-4H3. The van der Waals surface area contributed by atoms with E-state index in [9.17, 15) is 0 Å². The molecular formula is C19H31NO. The summed E-state index contributed by atoms with van der Waals surface area (Å²) in [6.07, 6.45) is 7.01. The molecule has 0 bridgehead atoms. The number of nitrogens with one attached hydrogen (secondary N) is 1. The van der Waals surface area contributed by atoms with Crippen molar-refractivity contribution in [3.8, 4) is 0 Å². The van der Waals surface area contributed by atoms with Crippen molar-refractivity contribution >= 4 is 0 Å². The summed E-state index contributed by atoms with van der Waals surface area (Å²) in [4.78, 5) is 0. The molecular weight excluding hydrogens is 258 g/mol. The summed E-state index contributed by atoms with van der Waals surface area (Å²) in [5.74, 6) is 0.688. The Morgan fingerprint density at radius 3 is 2.52 bits per heavy atom. The maximum Gasteiger partial charge on any atom is 0.0794 e. The Labute approximate surface area is 130 Å². The van der Waals surface area contributed by atoms with Crippen LogP contribution >= 0.6 is 0 Å². The molecule has 0 saturated heterocycles. The Bertz CT molecular complexity index is 437. The summed E-state index contributed by atoms with van der Waals surface area (Å²) in [7, 11) is 1.88. The van der Waals surface area contributed by atoms with Crippen molar-refractivity contribution in [1.82, 2.24) is 5.32 Å². The summed E-state index contributed by atoms with van der Waals surface area (Å²) < 4.78 is 5.99. The minimum atomic E-state index is 0.283. The van der Waals surface area contributed by atoms with Crippen molar-refractivity contribution in [2.75, 3.05) is 13.7 Å². The van der Waals surface area contributed by atoms with Gasteiger partial charge in [-0.25, -0.2) is 0 Å². The van der Waals surface area contributed by atoms with Gasteiger partial charge >= 0.3 is 0 Å². The number of likely N-dealkylation sites (N-methyl/N-ethyl adjacent to an activating group) is 1. The van der Waals surface area contributed by atoms with Gasteiger partial charge in [-0.05, 0) is 55.8 Å². The summed E-state index contributed by atoms with van der Waals surface area (Å²) in [6.45, 7) is 7.60. The fourth-order valence-corrected chi connectivity index (χ4v) is 3.80. The minimum absolute atomic E-state index is 0.283. The SMILES string of the molecule is CCNC(c1cccc(C)c1C)C(OC)C1CCCCC1. The molecule has 0 aliphatic heterocycles. The predicted molar refractivity (Wildman–Crippen MR) is 89.7 cm³/mol. The van der Waals surface area contributed by atoms with Crippen LogP contribution in [0.2, 0.25) is 0 Å². The molecule has 1 saturated carbocycles. The number of ether oxygens (including phenoxy) is 1. The van der Waals surface area contributed by atoms with E-state index in [4.69, 9.17) is 4.74 Å². The van der Waals surface area contributed by atoms with E-state index >= 15 is 0 Å². The summed E-state index contributed by atoms with van der Waals surface area (Å²) in [5, 5.41) is 3.69. The van der Waals surface area contributed by atoms with Gasteiger partial charge in [-0.1, -0.05) is 44.4 Å². The normalized spacial score (nSPS) is 19.4. The summed E-state index contributed by atoms with van der Waals surface area (Å²) in [6, 6.07) is 6.95. The Kier molecular flexibility index (Phi) is 6.25. The van der Waals surface area contributed by atoms with Crippen LogP contribution in [0, 0.1) is 19.8 Å². The summed E-state index contributed by atoms with van der Waals surface area (Å²) >= 11 is 0. The molecule has 1 aromatic rings. The van der Waals surface area contributed by atoms with Crippen LogP contribution in [0.15, 0.2) is 18.2 Å². The largest absolute Gasteiger partial charge is 0.379 e. The lowest BCUT2D eigenvalue weighted by atomic mass is 9.80. The van der Waals surface area contributed by atoms with Gasteiger partial charge in [-0.2, -0.15) is 0 Å². The third-order valence-electron chi connectivity index (χ3n) is 5.12. The molecule has 1 aliphatic rings. The van der Waals surface area contributed by atoms with Crippen LogP contribution in [0.3, 0.4) is 0 Å². The van der Waals surface area contributed by atoms with Crippen molar-refractivity contribution in [1.29, 1.82) is 0 Å². The van der Waals surface area contributed by atoms with Crippen LogP contribution in [0.25, 0.3) is 0 Å². The van der Waals surface area contributed by atoms with Crippen molar-refractivity contribution in [2.45, 2.75) is 65.0 Å². The van der Waals surface area contributed by atoms with Gasteiger partial charge in [0.2, 0.25) is 0 Å². The first-order chi connectivity index (χ1) is 10.2. The van der Waals surface area contributed by atoms with Gasteiger partial charge in [0, 0.05) is 7.11 Å². The van der Waals surface area contributed by atoms with Gasteiger partial charge in [0.15, 0.2) is 0 Å². The quantitative estimate of drug-likeness (QED) is 0.829. The van der Waals surface area contributed by atoms with E-state index in [-0.39, 0.29) is 6.10 Å². The van der Waals surface area contributed by atoms with Crippen LogP contribution in [0.5, 0.6) is 0 Å². The molecule has 2 heteroatoms. The Balaban J connectivity index is 2.28.